The molecule has 1 aliphatic rings. The molecule has 1 N–H and O–H groups in total. The second-order valence-corrected chi connectivity index (χ2v) is 6.14. The first kappa shape index (κ1) is 15.4. The minimum Gasteiger partial charge on any atom is -0.258 e. The Bertz CT molecular complexity index is 754. The van der Waals surface area contributed by atoms with Gasteiger partial charge in [0.1, 0.15) is 0 Å². The van der Waals surface area contributed by atoms with Crippen LogP contribution >= 0.6 is 11.3 Å². The summed E-state index contributed by atoms with van der Waals surface area (Å²) in [5, 5.41) is 17.6. The maximum Gasteiger partial charge on any atom is 0.270 e. The molecule has 1 atom stereocenters. The number of anilines is 1. The highest BCUT2D eigenvalue weighted by Crippen LogP contribution is 2.27. The molecule has 0 fully saturated rings. The molecule has 0 saturated heterocycles. The Morgan fingerprint density at radius 2 is 2.35 bits per heavy atom. The number of allylic oxidation sites excluding steroid dienone is 2. The molecule has 0 saturated carbocycles. The third kappa shape index (κ3) is 4.01. The number of aromatic nitrogens is 1. The third-order valence-corrected chi connectivity index (χ3v) is 4.36. The zero-order valence-corrected chi connectivity index (χ0v) is 13.2. The molecular weight excluding hydrogens is 312 g/mol. The maximum absolute atomic E-state index is 10.8. The molecule has 23 heavy (non-hydrogen) atoms. The first-order valence-corrected chi connectivity index (χ1v) is 8.25. The predicted octanol–water partition coefficient (Wildman–Crippen LogP) is 4.47. The molecule has 6 nitrogen and oxygen atoms in total. The van der Waals surface area contributed by atoms with Crippen molar-refractivity contribution in [3.05, 3.63) is 51.9 Å². The molecule has 2 aromatic rings. The van der Waals surface area contributed by atoms with Gasteiger partial charge in [-0.15, -0.1) is 11.3 Å². The summed E-state index contributed by atoms with van der Waals surface area (Å²) < 4.78 is 0. The fourth-order valence-corrected chi connectivity index (χ4v) is 3.06. The number of benzene rings is 1. The predicted molar refractivity (Wildman–Crippen MR) is 92.8 cm³/mol. The van der Waals surface area contributed by atoms with Crippen molar-refractivity contribution in [1.82, 2.24) is 4.98 Å². The molecule has 0 radical (unpaired) electrons. The highest BCUT2D eigenvalue weighted by Gasteiger charge is 2.10. The van der Waals surface area contributed by atoms with Crippen molar-refractivity contribution in [2.75, 3.05) is 5.43 Å². The number of nitrogens with one attached hydrogen (secondary N) is 1. The molecular formula is C16H16N4O2S. The Kier molecular flexibility index (Phi) is 4.77. The van der Waals surface area contributed by atoms with Gasteiger partial charge < -0.3 is 0 Å². The number of hydrogen-bond donors (Lipinski definition) is 1. The lowest BCUT2D eigenvalue weighted by Crippen LogP contribution is -2.04. The van der Waals surface area contributed by atoms with E-state index in [1.54, 1.807) is 6.07 Å². The van der Waals surface area contributed by atoms with E-state index in [9.17, 15) is 10.1 Å². The number of rotatable bonds is 5. The quantitative estimate of drug-likeness (QED) is 0.380. The summed E-state index contributed by atoms with van der Waals surface area (Å²) in [6.07, 6.45) is 9.57. The first-order chi connectivity index (χ1) is 11.2. The molecule has 0 aliphatic heterocycles. The molecule has 118 valence electrons. The number of nitrogens with zero attached hydrogens (tertiary/aromatic N) is 3. The van der Waals surface area contributed by atoms with Gasteiger partial charge in [0.2, 0.25) is 5.13 Å². The zero-order chi connectivity index (χ0) is 16.1. The largest absolute Gasteiger partial charge is 0.270 e. The molecule has 1 unspecified atom stereocenters. The van der Waals surface area contributed by atoms with Gasteiger partial charge in [0.25, 0.3) is 5.69 Å². The van der Waals surface area contributed by atoms with E-state index in [1.165, 1.54) is 23.5 Å². The molecule has 1 aliphatic carbocycles. The summed E-state index contributed by atoms with van der Waals surface area (Å²) in [7, 11) is 0. The summed E-state index contributed by atoms with van der Waals surface area (Å²) in [5.41, 5.74) is 4.43. The lowest BCUT2D eigenvalue weighted by Gasteiger charge is -2.11. The Labute approximate surface area is 137 Å². The van der Waals surface area contributed by atoms with Gasteiger partial charge in [-0.05, 0) is 25.2 Å². The van der Waals surface area contributed by atoms with Gasteiger partial charge >= 0.3 is 0 Å². The first-order valence-electron chi connectivity index (χ1n) is 7.37. The van der Waals surface area contributed by atoms with Gasteiger partial charge in [0.15, 0.2) is 0 Å². The van der Waals surface area contributed by atoms with E-state index >= 15 is 0 Å². The second kappa shape index (κ2) is 7.15. The average molecular weight is 328 g/mol. The van der Waals surface area contributed by atoms with Crippen molar-refractivity contribution in [3.8, 4) is 11.3 Å². The number of nitro groups is 1. The second-order valence-electron chi connectivity index (χ2n) is 5.28. The van der Waals surface area contributed by atoms with Crippen molar-refractivity contribution in [1.29, 1.82) is 0 Å². The standard InChI is InChI=1S/C16H16N4O2S/c21-20(22)14-8-4-7-13(9-14)15-11-23-16(18-15)19-17-10-12-5-2-1-3-6-12/h1-2,4,7-12H,3,5-6H2,(H,18,19). The van der Waals surface area contributed by atoms with Crippen LogP contribution in [0, 0.1) is 16.0 Å². The lowest BCUT2D eigenvalue weighted by molar-refractivity contribution is -0.384. The highest BCUT2D eigenvalue weighted by atomic mass is 32.1. The van der Waals surface area contributed by atoms with Crippen molar-refractivity contribution >= 4 is 28.4 Å². The van der Waals surface area contributed by atoms with Gasteiger partial charge in [-0.25, -0.2) is 4.98 Å². The summed E-state index contributed by atoms with van der Waals surface area (Å²) >= 11 is 1.43. The van der Waals surface area contributed by atoms with Crippen LogP contribution < -0.4 is 5.43 Å². The SMILES string of the molecule is O=[N+]([O-])c1cccc(-c2csc(NN=CC3CC=CCC3)n2)c1. The van der Waals surface area contributed by atoms with Crippen molar-refractivity contribution < 1.29 is 4.92 Å². The summed E-state index contributed by atoms with van der Waals surface area (Å²) in [6.45, 7) is 0. The Morgan fingerprint density at radius 1 is 1.43 bits per heavy atom. The average Bonchev–Trinajstić information content (AvgIpc) is 3.05. The van der Waals surface area contributed by atoms with Crippen molar-refractivity contribution in [2.24, 2.45) is 11.0 Å². The molecule has 1 aromatic heterocycles. The van der Waals surface area contributed by atoms with E-state index in [1.807, 2.05) is 17.7 Å². The van der Waals surface area contributed by atoms with Crippen LogP contribution in [-0.2, 0) is 0 Å². The molecule has 0 spiro atoms. The number of non-ortho nitro benzene ring substituents is 1. The molecule has 0 amide bonds. The molecule has 1 aromatic carbocycles. The minimum atomic E-state index is -0.405. The Balaban J connectivity index is 1.66. The maximum atomic E-state index is 10.8. The van der Waals surface area contributed by atoms with Crippen LogP contribution in [0.5, 0.6) is 0 Å². The van der Waals surface area contributed by atoms with Crippen molar-refractivity contribution in [2.45, 2.75) is 19.3 Å². The molecule has 1 heterocycles. The minimum absolute atomic E-state index is 0.0633. The number of nitro benzene ring substituents is 1. The summed E-state index contributed by atoms with van der Waals surface area (Å²) in [4.78, 5) is 14.8. The summed E-state index contributed by atoms with van der Waals surface area (Å²) in [5.74, 6) is 0.476. The topological polar surface area (TPSA) is 80.4 Å². The number of thiazole rings is 1. The zero-order valence-electron chi connectivity index (χ0n) is 12.4. The van der Waals surface area contributed by atoms with E-state index in [0.29, 0.717) is 16.7 Å². The van der Waals surface area contributed by atoms with Crippen LogP contribution in [0.1, 0.15) is 19.3 Å². The van der Waals surface area contributed by atoms with Crippen LogP contribution in [0.25, 0.3) is 11.3 Å². The van der Waals surface area contributed by atoms with Crippen LogP contribution in [0.4, 0.5) is 10.8 Å². The van der Waals surface area contributed by atoms with Gasteiger partial charge in [0, 0.05) is 29.3 Å². The normalized spacial score (nSPS) is 17.5. The Morgan fingerprint density at radius 3 is 3.13 bits per heavy atom. The Hall–Kier alpha value is -2.54. The highest BCUT2D eigenvalue weighted by molar-refractivity contribution is 7.14. The molecule has 7 heteroatoms. The van der Waals surface area contributed by atoms with Gasteiger partial charge in [-0.3, -0.25) is 15.5 Å². The number of hydrazone groups is 1. The van der Waals surface area contributed by atoms with Crippen LogP contribution in [0.15, 0.2) is 46.9 Å². The lowest BCUT2D eigenvalue weighted by atomic mass is 9.96. The van der Waals surface area contributed by atoms with Gasteiger partial charge in [0.05, 0.1) is 10.6 Å². The van der Waals surface area contributed by atoms with E-state index in [0.717, 1.165) is 24.8 Å². The smallest absolute Gasteiger partial charge is 0.258 e. The number of hydrogen-bond acceptors (Lipinski definition) is 6. The van der Waals surface area contributed by atoms with E-state index < -0.39 is 4.92 Å². The van der Waals surface area contributed by atoms with Crippen LogP contribution in [0.2, 0.25) is 0 Å². The van der Waals surface area contributed by atoms with Crippen molar-refractivity contribution in [3.63, 3.8) is 0 Å². The van der Waals surface area contributed by atoms with E-state index in [2.05, 4.69) is 27.7 Å². The summed E-state index contributed by atoms with van der Waals surface area (Å²) in [6, 6.07) is 6.46. The van der Waals surface area contributed by atoms with E-state index in [4.69, 9.17) is 0 Å². The van der Waals surface area contributed by atoms with Crippen LogP contribution in [-0.4, -0.2) is 16.1 Å². The van der Waals surface area contributed by atoms with Gasteiger partial charge in [-0.1, -0.05) is 24.3 Å². The van der Waals surface area contributed by atoms with Crippen LogP contribution in [0.3, 0.4) is 0 Å². The fraction of sp³-hybridized carbons (Fsp3) is 0.250. The van der Waals surface area contributed by atoms with E-state index in [-0.39, 0.29) is 5.69 Å². The third-order valence-electron chi connectivity index (χ3n) is 3.61. The fourth-order valence-electron chi connectivity index (χ4n) is 2.39. The monoisotopic (exact) mass is 328 g/mol. The van der Waals surface area contributed by atoms with Gasteiger partial charge in [-0.2, -0.15) is 5.10 Å². The molecule has 3 rings (SSSR count). The molecule has 0 bridgehead atoms.